The average molecular weight is 491 g/mol. The van der Waals surface area contributed by atoms with Crippen LogP contribution < -0.4 is 0 Å². The Bertz CT molecular complexity index is 1210. The lowest BCUT2D eigenvalue weighted by molar-refractivity contribution is -0.127. The molecule has 2 aromatic rings. The van der Waals surface area contributed by atoms with E-state index in [9.17, 15) is 22.8 Å². The quantitative estimate of drug-likeness (QED) is 0.360. The monoisotopic (exact) mass is 490 g/mol. The molecule has 0 atom stereocenters. The summed E-state index contributed by atoms with van der Waals surface area (Å²) >= 11 is 0. The summed E-state index contributed by atoms with van der Waals surface area (Å²) in [7, 11) is -2.92. The van der Waals surface area contributed by atoms with Crippen LogP contribution in [0.1, 0.15) is 58.6 Å². The molecule has 34 heavy (non-hydrogen) atoms. The van der Waals surface area contributed by atoms with Crippen LogP contribution in [0.15, 0.2) is 33.6 Å². The predicted octanol–water partition coefficient (Wildman–Crippen LogP) is 2.70. The van der Waals surface area contributed by atoms with Crippen LogP contribution >= 0.6 is 0 Å². The molecule has 0 saturated carbocycles. The summed E-state index contributed by atoms with van der Waals surface area (Å²) in [5.74, 6) is -1.87. The minimum Gasteiger partial charge on any atom is -0.465 e. The van der Waals surface area contributed by atoms with Gasteiger partial charge in [0.15, 0.2) is 0 Å². The van der Waals surface area contributed by atoms with Crippen LogP contribution in [0.25, 0.3) is 0 Å². The number of sulfonamides is 1. The Morgan fingerprint density at radius 2 is 1.50 bits per heavy atom. The van der Waals surface area contributed by atoms with Gasteiger partial charge in [0.2, 0.25) is 15.8 Å². The highest BCUT2D eigenvalue weighted by Crippen LogP contribution is 2.30. The van der Waals surface area contributed by atoms with Crippen LogP contribution in [0.5, 0.6) is 0 Å². The Hall–Kier alpha value is -2.98. The van der Waals surface area contributed by atoms with E-state index in [1.165, 1.54) is 30.2 Å². The second kappa shape index (κ2) is 9.34. The number of amides is 1. The van der Waals surface area contributed by atoms with Gasteiger partial charge >= 0.3 is 5.97 Å². The average Bonchev–Trinajstić information content (AvgIpc) is 3.11. The maximum Gasteiger partial charge on any atom is 0.342 e. The molecule has 1 aliphatic heterocycles. The lowest BCUT2D eigenvalue weighted by Crippen LogP contribution is -2.52. The minimum absolute atomic E-state index is 0.0193. The zero-order chi connectivity index (χ0) is 25.4. The summed E-state index contributed by atoms with van der Waals surface area (Å²) < 4.78 is 37.9. The van der Waals surface area contributed by atoms with E-state index in [1.54, 1.807) is 12.1 Å². The van der Waals surface area contributed by atoms with E-state index < -0.39 is 27.7 Å². The van der Waals surface area contributed by atoms with Crippen LogP contribution in [0.2, 0.25) is 0 Å². The highest BCUT2D eigenvalue weighted by atomic mass is 32.2. The number of esters is 1. The standard InChI is InChI=1S/C24H30N2O7S/c1-15-19(23(29)32-6)21(16(2)33-15)34(30,31)26-13-11-25(12-14-26)22(28)20(27)17-7-9-18(10-8-17)24(3,4)5/h7-10H,11-14H2,1-6H3. The van der Waals surface area contributed by atoms with Crippen molar-refractivity contribution in [3.05, 3.63) is 52.5 Å². The molecule has 1 aromatic heterocycles. The number of piperazine rings is 1. The number of methoxy groups -OCH3 is 1. The molecule has 184 valence electrons. The Morgan fingerprint density at radius 1 is 0.941 bits per heavy atom. The second-order valence-corrected chi connectivity index (χ2v) is 11.1. The Labute approximate surface area is 199 Å². The number of nitrogens with zero attached hydrogens (tertiary/aromatic N) is 2. The number of ether oxygens (including phenoxy) is 1. The zero-order valence-corrected chi connectivity index (χ0v) is 21.1. The van der Waals surface area contributed by atoms with Crippen molar-refractivity contribution in [1.82, 2.24) is 9.21 Å². The van der Waals surface area contributed by atoms with Crippen LogP contribution in [0.3, 0.4) is 0 Å². The molecule has 1 aromatic carbocycles. The number of benzene rings is 1. The van der Waals surface area contributed by atoms with Gasteiger partial charge in [-0.05, 0) is 24.8 Å². The molecule has 1 aliphatic rings. The van der Waals surface area contributed by atoms with Crippen molar-refractivity contribution in [2.24, 2.45) is 0 Å². The lowest BCUT2D eigenvalue weighted by atomic mass is 9.86. The van der Waals surface area contributed by atoms with Gasteiger partial charge in [0.25, 0.3) is 5.91 Å². The Morgan fingerprint density at radius 3 is 2.00 bits per heavy atom. The van der Waals surface area contributed by atoms with E-state index in [-0.39, 0.29) is 53.6 Å². The van der Waals surface area contributed by atoms with Gasteiger partial charge in [-0.1, -0.05) is 45.0 Å². The summed E-state index contributed by atoms with van der Waals surface area (Å²) in [5, 5.41) is 0. The van der Waals surface area contributed by atoms with E-state index in [0.717, 1.165) is 5.56 Å². The molecule has 1 fully saturated rings. The number of rotatable bonds is 5. The molecule has 1 amide bonds. The van der Waals surface area contributed by atoms with Gasteiger partial charge in [0.1, 0.15) is 22.0 Å². The topological polar surface area (TPSA) is 114 Å². The maximum absolute atomic E-state index is 13.3. The smallest absolute Gasteiger partial charge is 0.342 e. The summed E-state index contributed by atoms with van der Waals surface area (Å²) in [6, 6.07) is 6.94. The molecule has 2 heterocycles. The normalized spacial score (nSPS) is 15.3. The number of furan rings is 1. The van der Waals surface area contributed by atoms with Gasteiger partial charge in [-0.15, -0.1) is 0 Å². The van der Waals surface area contributed by atoms with E-state index in [2.05, 4.69) is 20.8 Å². The number of aryl methyl sites for hydroxylation is 2. The van der Waals surface area contributed by atoms with Crippen molar-refractivity contribution in [1.29, 1.82) is 0 Å². The van der Waals surface area contributed by atoms with Crippen molar-refractivity contribution in [2.75, 3.05) is 33.3 Å². The molecular formula is C24H30N2O7S. The predicted molar refractivity (Wildman–Crippen MR) is 124 cm³/mol. The summed E-state index contributed by atoms with van der Waals surface area (Å²) in [6.07, 6.45) is 0. The van der Waals surface area contributed by atoms with Crippen LogP contribution in [0.4, 0.5) is 0 Å². The molecule has 0 aliphatic carbocycles. The largest absolute Gasteiger partial charge is 0.465 e. The fourth-order valence-electron chi connectivity index (χ4n) is 3.96. The first kappa shape index (κ1) is 25.6. The fraction of sp³-hybridized carbons (Fsp3) is 0.458. The molecule has 0 N–H and O–H groups in total. The van der Waals surface area contributed by atoms with Gasteiger partial charge in [-0.25, -0.2) is 13.2 Å². The van der Waals surface area contributed by atoms with Crippen molar-refractivity contribution in [3.63, 3.8) is 0 Å². The summed E-state index contributed by atoms with van der Waals surface area (Å²) in [4.78, 5) is 38.8. The molecule has 0 bridgehead atoms. The number of carbonyl (C=O) groups excluding carboxylic acids is 3. The SMILES string of the molecule is COC(=O)c1c(C)oc(C)c1S(=O)(=O)N1CCN(C(=O)C(=O)c2ccc(C(C)(C)C)cc2)CC1. The van der Waals surface area contributed by atoms with Crippen molar-refractivity contribution >= 4 is 27.7 Å². The van der Waals surface area contributed by atoms with Gasteiger partial charge in [-0.3, -0.25) is 9.59 Å². The minimum atomic E-state index is -4.08. The summed E-state index contributed by atoms with van der Waals surface area (Å²) in [5.41, 5.74) is 1.13. The molecule has 0 spiro atoms. The van der Waals surface area contributed by atoms with Crippen LogP contribution in [-0.4, -0.2) is 68.6 Å². The Balaban J connectivity index is 1.73. The number of carbonyl (C=O) groups is 3. The zero-order valence-electron chi connectivity index (χ0n) is 20.3. The highest BCUT2D eigenvalue weighted by Gasteiger charge is 2.38. The highest BCUT2D eigenvalue weighted by molar-refractivity contribution is 7.89. The number of ketones is 1. The van der Waals surface area contributed by atoms with Gasteiger partial charge in [0.05, 0.1) is 7.11 Å². The Kier molecular flexibility index (Phi) is 7.05. The summed E-state index contributed by atoms with van der Waals surface area (Å²) in [6.45, 7) is 9.20. The third-order valence-electron chi connectivity index (χ3n) is 5.93. The van der Waals surface area contributed by atoms with Crippen LogP contribution in [-0.2, 0) is 25.0 Å². The fourth-order valence-corrected chi connectivity index (χ4v) is 5.75. The molecule has 1 saturated heterocycles. The van der Waals surface area contributed by atoms with Gasteiger partial charge in [-0.2, -0.15) is 4.31 Å². The van der Waals surface area contributed by atoms with Crippen molar-refractivity contribution < 1.29 is 32.0 Å². The van der Waals surface area contributed by atoms with E-state index in [0.29, 0.717) is 5.56 Å². The third-order valence-corrected chi connectivity index (χ3v) is 7.98. The molecular weight excluding hydrogens is 460 g/mol. The first-order valence-electron chi connectivity index (χ1n) is 10.9. The molecule has 0 radical (unpaired) electrons. The van der Waals surface area contributed by atoms with E-state index in [1.807, 2.05) is 12.1 Å². The van der Waals surface area contributed by atoms with E-state index in [4.69, 9.17) is 9.15 Å². The maximum atomic E-state index is 13.3. The second-order valence-electron chi connectivity index (χ2n) is 9.26. The van der Waals surface area contributed by atoms with Gasteiger partial charge in [0, 0.05) is 31.7 Å². The van der Waals surface area contributed by atoms with E-state index >= 15 is 0 Å². The molecule has 0 unspecified atom stereocenters. The first-order chi connectivity index (χ1) is 15.8. The van der Waals surface area contributed by atoms with Crippen LogP contribution in [0, 0.1) is 13.8 Å². The number of hydrogen-bond acceptors (Lipinski definition) is 7. The lowest BCUT2D eigenvalue weighted by Gasteiger charge is -2.33. The molecule has 3 rings (SSSR count). The molecule has 9 nitrogen and oxygen atoms in total. The number of hydrogen-bond donors (Lipinski definition) is 0. The van der Waals surface area contributed by atoms with Crippen molar-refractivity contribution in [2.45, 2.75) is 44.9 Å². The number of Topliss-reactive ketones (excluding diaryl/α,β-unsaturated/α-hetero) is 1. The third kappa shape index (κ3) is 4.78. The first-order valence-corrected chi connectivity index (χ1v) is 12.4. The van der Waals surface area contributed by atoms with Crippen molar-refractivity contribution in [3.8, 4) is 0 Å². The molecule has 10 heteroatoms. The van der Waals surface area contributed by atoms with Gasteiger partial charge < -0.3 is 14.1 Å².